The summed E-state index contributed by atoms with van der Waals surface area (Å²) in [5, 5.41) is 8.66. The van der Waals surface area contributed by atoms with E-state index < -0.39 is 23.5 Å². The number of carbonyl (C=O) groups is 1. The van der Waals surface area contributed by atoms with Crippen LogP contribution in [0.25, 0.3) is 0 Å². The van der Waals surface area contributed by atoms with E-state index in [9.17, 15) is 13.6 Å². The smallest absolute Gasteiger partial charge is 0.338 e. The first-order chi connectivity index (χ1) is 6.45. The fourth-order valence-corrected chi connectivity index (χ4v) is 1.43. The molecule has 0 saturated heterocycles. The van der Waals surface area contributed by atoms with Gasteiger partial charge in [-0.3, -0.25) is 0 Å². The zero-order valence-electron chi connectivity index (χ0n) is 6.67. The first-order valence-corrected chi connectivity index (χ1v) is 4.19. The number of nitrogens with two attached hydrogens (primary N) is 1. The number of halogens is 3. The molecule has 0 aliphatic rings. The predicted molar refractivity (Wildman–Crippen MR) is 48.3 cm³/mol. The molecule has 3 N–H and O–H groups in total. The van der Waals surface area contributed by atoms with Gasteiger partial charge in [-0.2, -0.15) is 0 Å². The molecule has 76 valence electrons. The Bertz CT molecular complexity index is 384. The van der Waals surface area contributed by atoms with Crippen LogP contribution in [0.5, 0.6) is 0 Å². The van der Waals surface area contributed by atoms with Crippen molar-refractivity contribution in [3.8, 4) is 0 Å². The number of rotatable bonds is 2. The molecule has 0 aliphatic carbocycles. The standard InChI is InChI=1S/C7H5BrF2N2O2/c8-5-4(6(9)10)3(7(13)14)2(11)1-12-5/h1,6H,11H2,(H,13,14). The molecule has 0 atom stereocenters. The van der Waals surface area contributed by atoms with Gasteiger partial charge in [-0.25, -0.2) is 18.6 Å². The molecule has 1 aromatic heterocycles. The van der Waals surface area contributed by atoms with Gasteiger partial charge < -0.3 is 10.8 Å². The number of carboxylic acids is 1. The van der Waals surface area contributed by atoms with E-state index in [1.54, 1.807) is 0 Å². The summed E-state index contributed by atoms with van der Waals surface area (Å²) in [7, 11) is 0. The first-order valence-electron chi connectivity index (χ1n) is 3.40. The molecule has 0 spiro atoms. The second-order valence-electron chi connectivity index (χ2n) is 2.40. The van der Waals surface area contributed by atoms with Crippen molar-refractivity contribution < 1.29 is 18.7 Å². The third kappa shape index (κ3) is 1.82. The summed E-state index contributed by atoms with van der Waals surface area (Å²) in [5.74, 6) is -1.50. The summed E-state index contributed by atoms with van der Waals surface area (Å²) in [6.07, 6.45) is -1.93. The fourth-order valence-electron chi connectivity index (χ4n) is 0.957. The Balaban J connectivity index is 3.50. The molecule has 4 nitrogen and oxygen atoms in total. The minimum absolute atomic E-state index is 0.209. The minimum Gasteiger partial charge on any atom is -0.478 e. The molecule has 0 fully saturated rings. The maximum atomic E-state index is 12.4. The first kappa shape index (κ1) is 10.8. The highest BCUT2D eigenvalue weighted by atomic mass is 79.9. The number of nitrogens with zero attached hydrogens (tertiary/aromatic N) is 1. The summed E-state index contributed by atoms with van der Waals surface area (Å²) in [4.78, 5) is 14.1. The summed E-state index contributed by atoms with van der Waals surface area (Å²) in [6.45, 7) is 0. The number of alkyl halides is 2. The van der Waals surface area contributed by atoms with Gasteiger partial charge in [0.2, 0.25) is 0 Å². The number of nitrogen functional groups attached to an aromatic ring is 1. The van der Waals surface area contributed by atoms with Gasteiger partial charge in [-0.15, -0.1) is 0 Å². The van der Waals surface area contributed by atoms with Crippen LogP contribution >= 0.6 is 15.9 Å². The largest absolute Gasteiger partial charge is 0.478 e. The number of hydrogen-bond donors (Lipinski definition) is 2. The van der Waals surface area contributed by atoms with Gasteiger partial charge >= 0.3 is 5.97 Å². The molecule has 1 rings (SSSR count). The van der Waals surface area contributed by atoms with Gasteiger partial charge in [0.1, 0.15) is 4.60 Å². The molecule has 0 amide bonds. The van der Waals surface area contributed by atoms with E-state index in [-0.39, 0.29) is 10.3 Å². The zero-order chi connectivity index (χ0) is 10.9. The molecule has 1 heterocycles. The van der Waals surface area contributed by atoms with Crippen molar-refractivity contribution in [3.05, 3.63) is 21.9 Å². The molecule has 0 unspecified atom stereocenters. The maximum absolute atomic E-state index is 12.4. The molecular formula is C7H5BrF2N2O2. The number of aromatic carboxylic acids is 1. The lowest BCUT2D eigenvalue weighted by atomic mass is 10.1. The maximum Gasteiger partial charge on any atom is 0.338 e. The van der Waals surface area contributed by atoms with Crippen LogP contribution in [0.3, 0.4) is 0 Å². The van der Waals surface area contributed by atoms with E-state index in [2.05, 4.69) is 20.9 Å². The average Bonchev–Trinajstić information content (AvgIpc) is 2.07. The lowest BCUT2D eigenvalue weighted by Crippen LogP contribution is -2.09. The monoisotopic (exact) mass is 266 g/mol. The highest BCUT2D eigenvalue weighted by Gasteiger charge is 2.24. The van der Waals surface area contributed by atoms with Crippen LogP contribution in [0.4, 0.5) is 14.5 Å². The summed E-state index contributed by atoms with van der Waals surface area (Å²) < 4.78 is 24.7. The third-order valence-corrected chi connectivity index (χ3v) is 2.16. The van der Waals surface area contributed by atoms with E-state index in [4.69, 9.17) is 10.8 Å². The van der Waals surface area contributed by atoms with Crippen molar-refractivity contribution in [3.63, 3.8) is 0 Å². The van der Waals surface area contributed by atoms with Crippen LogP contribution in [0, 0.1) is 0 Å². The van der Waals surface area contributed by atoms with Gasteiger partial charge in [0, 0.05) is 0 Å². The van der Waals surface area contributed by atoms with E-state index in [1.165, 1.54) is 0 Å². The van der Waals surface area contributed by atoms with Crippen molar-refractivity contribution >= 4 is 27.6 Å². The SMILES string of the molecule is Nc1cnc(Br)c(C(F)F)c1C(=O)O. The number of aromatic nitrogens is 1. The molecule has 14 heavy (non-hydrogen) atoms. The Hall–Kier alpha value is -1.24. The van der Waals surface area contributed by atoms with Crippen molar-refractivity contribution in [1.29, 1.82) is 0 Å². The van der Waals surface area contributed by atoms with Crippen LogP contribution in [0.2, 0.25) is 0 Å². The van der Waals surface area contributed by atoms with Crippen molar-refractivity contribution in [1.82, 2.24) is 4.98 Å². The van der Waals surface area contributed by atoms with Gasteiger partial charge in [0.05, 0.1) is 23.0 Å². The Labute approximate surface area is 85.9 Å². The number of pyridine rings is 1. The van der Waals surface area contributed by atoms with Crippen LogP contribution in [-0.2, 0) is 0 Å². The number of carboxylic acid groups (broad SMARTS) is 1. The highest BCUT2D eigenvalue weighted by Crippen LogP contribution is 2.31. The minimum atomic E-state index is -2.94. The summed E-state index contributed by atoms with van der Waals surface area (Å²) >= 11 is 2.74. The Morgan fingerprint density at radius 1 is 1.64 bits per heavy atom. The second-order valence-corrected chi connectivity index (χ2v) is 3.15. The van der Waals surface area contributed by atoms with Gasteiger partial charge in [-0.05, 0) is 15.9 Å². The van der Waals surface area contributed by atoms with Crippen LogP contribution in [0.15, 0.2) is 10.8 Å². The van der Waals surface area contributed by atoms with Gasteiger partial charge in [-0.1, -0.05) is 0 Å². The molecule has 0 saturated carbocycles. The molecule has 0 aliphatic heterocycles. The molecule has 0 radical (unpaired) electrons. The lowest BCUT2D eigenvalue weighted by Gasteiger charge is -2.08. The number of hydrogen-bond acceptors (Lipinski definition) is 3. The summed E-state index contributed by atoms with van der Waals surface area (Å²) in [6, 6.07) is 0. The topological polar surface area (TPSA) is 76.2 Å². The Morgan fingerprint density at radius 3 is 2.57 bits per heavy atom. The fraction of sp³-hybridized carbons (Fsp3) is 0.143. The second kappa shape index (κ2) is 3.87. The molecule has 1 aromatic rings. The van der Waals surface area contributed by atoms with Crippen molar-refractivity contribution in [2.45, 2.75) is 6.43 Å². The van der Waals surface area contributed by atoms with Crippen LogP contribution < -0.4 is 5.73 Å². The Morgan fingerprint density at radius 2 is 2.21 bits per heavy atom. The van der Waals surface area contributed by atoms with E-state index >= 15 is 0 Å². The normalized spacial score (nSPS) is 10.6. The van der Waals surface area contributed by atoms with E-state index in [0.717, 1.165) is 6.20 Å². The van der Waals surface area contributed by atoms with E-state index in [0.29, 0.717) is 0 Å². The van der Waals surface area contributed by atoms with Gasteiger partial charge in [0.25, 0.3) is 6.43 Å². The van der Waals surface area contributed by atoms with E-state index in [1.807, 2.05) is 0 Å². The molecule has 7 heteroatoms. The lowest BCUT2D eigenvalue weighted by molar-refractivity contribution is 0.0685. The summed E-state index contributed by atoms with van der Waals surface area (Å²) in [5.41, 5.74) is 3.64. The average molecular weight is 267 g/mol. The third-order valence-electron chi connectivity index (χ3n) is 1.53. The number of anilines is 1. The van der Waals surface area contributed by atoms with Gasteiger partial charge in [0.15, 0.2) is 0 Å². The zero-order valence-corrected chi connectivity index (χ0v) is 8.25. The van der Waals surface area contributed by atoms with Crippen LogP contribution in [0.1, 0.15) is 22.3 Å². The molecule has 0 aromatic carbocycles. The predicted octanol–water partition coefficient (Wildman–Crippen LogP) is 2.06. The highest BCUT2D eigenvalue weighted by molar-refractivity contribution is 9.10. The molecular weight excluding hydrogens is 262 g/mol. The Kier molecular flexibility index (Phi) is 3.00. The van der Waals surface area contributed by atoms with Crippen LogP contribution in [-0.4, -0.2) is 16.1 Å². The quantitative estimate of drug-likeness (QED) is 0.804. The van der Waals surface area contributed by atoms with Crippen molar-refractivity contribution in [2.24, 2.45) is 0 Å². The van der Waals surface area contributed by atoms with Crippen molar-refractivity contribution in [2.75, 3.05) is 5.73 Å². The molecule has 0 bridgehead atoms.